The highest BCUT2D eigenvalue weighted by atomic mass is 16.5. The first kappa shape index (κ1) is 9.05. The SMILES string of the molecule is O=C(O)c1[nH]ncc1OC1CCCC1. The number of hydrogen-bond donors (Lipinski definition) is 2. The summed E-state index contributed by atoms with van der Waals surface area (Å²) in [6, 6.07) is 0. The zero-order valence-corrected chi connectivity index (χ0v) is 7.69. The topological polar surface area (TPSA) is 75.2 Å². The largest absolute Gasteiger partial charge is 0.486 e. The average Bonchev–Trinajstić information content (AvgIpc) is 2.75. The number of nitrogens with one attached hydrogen (secondary N) is 1. The van der Waals surface area contributed by atoms with E-state index in [1.54, 1.807) is 0 Å². The first-order valence-corrected chi connectivity index (χ1v) is 4.70. The summed E-state index contributed by atoms with van der Waals surface area (Å²) >= 11 is 0. The number of aromatic carboxylic acids is 1. The Bertz CT molecular complexity index is 329. The molecule has 0 aliphatic heterocycles. The van der Waals surface area contributed by atoms with E-state index in [-0.39, 0.29) is 11.8 Å². The fourth-order valence-corrected chi connectivity index (χ4v) is 1.70. The summed E-state index contributed by atoms with van der Waals surface area (Å²) in [5.41, 5.74) is 0.0388. The third kappa shape index (κ3) is 1.71. The highest BCUT2D eigenvalue weighted by Crippen LogP contribution is 2.25. The molecule has 1 aliphatic carbocycles. The van der Waals surface area contributed by atoms with Gasteiger partial charge in [-0.25, -0.2) is 4.79 Å². The molecular weight excluding hydrogens is 184 g/mol. The van der Waals surface area contributed by atoms with Crippen molar-refractivity contribution in [1.82, 2.24) is 10.2 Å². The fraction of sp³-hybridized carbons (Fsp3) is 0.556. The van der Waals surface area contributed by atoms with Crippen LogP contribution in [0, 0.1) is 0 Å². The quantitative estimate of drug-likeness (QED) is 0.766. The molecule has 0 saturated heterocycles. The predicted molar refractivity (Wildman–Crippen MR) is 48.4 cm³/mol. The lowest BCUT2D eigenvalue weighted by Crippen LogP contribution is -2.12. The van der Waals surface area contributed by atoms with Crippen LogP contribution >= 0.6 is 0 Å². The van der Waals surface area contributed by atoms with Crippen molar-refractivity contribution in [1.29, 1.82) is 0 Å². The lowest BCUT2D eigenvalue weighted by Gasteiger charge is -2.11. The molecule has 1 saturated carbocycles. The molecule has 0 spiro atoms. The molecular formula is C9H12N2O3. The van der Waals surface area contributed by atoms with Crippen molar-refractivity contribution < 1.29 is 14.6 Å². The zero-order chi connectivity index (χ0) is 9.97. The number of rotatable bonds is 3. The first-order valence-electron chi connectivity index (χ1n) is 4.70. The molecule has 1 fully saturated rings. The number of carboxylic acids is 1. The third-order valence-electron chi connectivity index (χ3n) is 2.41. The van der Waals surface area contributed by atoms with E-state index in [2.05, 4.69) is 10.2 Å². The Labute approximate surface area is 81.1 Å². The minimum Gasteiger partial charge on any atom is -0.486 e. The van der Waals surface area contributed by atoms with Crippen LogP contribution in [0.2, 0.25) is 0 Å². The summed E-state index contributed by atoms with van der Waals surface area (Å²) in [5.74, 6) is -0.681. The van der Waals surface area contributed by atoms with Crippen LogP contribution in [0.25, 0.3) is 0 Å². The number of aromatic amines is 1. The highest BCUT2D eigenvalue weighted by Gasteiger charge is 2.21. The Balaban J connectivity index is 2.07. The van der Waals surface area contributed by atoms with Crippen LogP contribution in [-0.4, -0.2) is 27.4 Å². The van der Waals surface area contributed by atoms with E-state index in [4.69, 9.17) is 9.84 Å². The molecule has 0 atom stereocenters. The van der Waals surface area contributed by atoms with Crippen LogP contribution in [0.15, 0.2) is 6.20 Å². The normalized spacial score (nSPS) is 17.1. The molecule has 2 N–H and O–H groups in total. The van der Waals surface area contributed by atoms with E-state index in [1.807, 2.05) is 0 Å². The molecule has 1 aliphatic rings. The summed E-state index contributed by atoms with van der Waals surface area (Å²) in [5, 5.41) is 14.8. The van der Waals surface area contributed by atoms with Gasteiger partial charge in [-0.3, -0.25) is 5.10 Å². The molecule has 2 rings (SSSR count). The summed E-state index contributed by atoms with van der Waals surface area (Å²) in [7, 11) is 0. The van der Waals surface area contributed by atoms with Gasteiger partial charge in [-0.05, 0) is 25.7 Å². The van der Waals surface area contributed by atoms with Crippen LogP contribution < -0.4 is 4.74 Å². The maximum atomic E-state index is 10.7. The number of aromatic nitrogens is 2. The maximum Gasteiger partial charge on any atom is 0.357 e. The van der Waals surface area contributed by atoms with Crippen molar-refractivity contribution in [2.24, 2.45) is 0 Å². The van der Waals surface area contributed by atoms with Gasteiger partial charge in [-0.15, -0.1) is 0 Å². The Hall–Kier alpha value is -1.52. The Morgan fingerprint density at radius 3 is 2.93 bits per heavy atom. The molecule has 76 valence electrons. The van der Waals surface area contributed by atoms with Crippen LogP contribution in [0.4, 0.5) is 0 Å². The second-order valence-electron chi connectivity index (χ2n) is 3.44. The van der Waals surface area contributed by atoms with Crippen LogP contribution in [0.1, 0.15) is 36.2 Å². The van der Waals surface area contributed by atoms with Crippen molar-refractivity contribution in [2.75, 3.05) is 0 Å². The molecule has 14 heavy (non-hydrogen) atoms. The number of carbonyl (C=O) groups is 1. The lowest BCUT2D eigenvalue weighted by molar-refractivity contribution is 0.0683. The minimum absolute atomic E-state index is 0.0388. The van der Waals surface area contributed by atoms with Crippen molar-refractivity contribution in [3.63, 3.8) is 0 Å². The first-order chi connectivity index (χ1) is 6.77. The van der Waals surface area contributed by atoms with Crippen LogP contribution in [0.5, 0.6) is 5.75 Å². The van der Waals surface area contributed by atoms with E-state index in [1.165, 1.54) is 6.20 Å². The van der Waals surface area contributed by atoms with Crippen LogP contribution in [-0.2, 0) is 0 Å². The Morgan fingerprint density at radius 2 is 2.29 bits per heavy atom. The van der Waals surface area contributed by atoms with Crippen molar-refractivity contribution in [3.05, 3.63) is 11.9 Å². The van der Waals surface area contributed by atoms with Gasteiger partial charge in [0.15, 0.2) is 11.4 Å². The standard InChI is InChI=1S/C9H12N2O3/c12-9(13)8-7(5-10-11-8)14-6-3-1-2-4-6/h5-6H,1-4H2,(H,10,11)(H,12,13). The average molecular weight is 196 g/mol. The number of nitrogens with zero attached hydrogens (tertiary/aromatic N) is 1. The van der Waals surface area contributed by atoms with E-state index in [0.29, 0.717) is 5.75 Å². The van der Waals surface area contributed by atoms with Crippen molar-refractivity contribution >= 4 is 5.97 Å². The molecule has 1 aromatic heterocycles. The summed E-state index contributed by atoms with van der Waals surface area (Å²) in [6.45, 7) is 0. The minimum atomic E-state index is -1.03. The van der Waals surface area contributed by atoms with Gasteiger partial charge >= 0.3 is 5.97 Å². The molecule has 0 amide bonds. The van der Waals surface area contributed by atoms with E-state index < -0.39 is 5.97 Å². The van der Waals surface area contributed by atoms with Gasteiger partial charge in [0.25, 0.3) is 0 Å². The fourth-order valence-electron chi connectivity index (χ4n) is 1.70. The Kier molecular flexibility index (Phi) is 2.39. The van der Waals surface area contributed by atoms with Crippen molar-refractivity contribution in [3.8, 4) is 5.75 Å². The Morgan fingerprint density at radius 1 is 1.57 bits per heavy atom. The molecule has 0 radical (unpaired) electrons. The number of H-pyrrole nitrogens is 1. The number of carboxylic acid groups (broad SMARTS) is 1. The summed E-state index contributed by atoms with van der Waals surface area (Å²) in [6.07, 6.45) is 5.90. The summed E-state index contributed by atoms with van der Waals surface area (Å²) in [4.78, 5) is 10.7. The zero-order valence-electron chi connectivity index (χ0n) is 7.69. The third-order valence-corrected chi connectivity index (χ3v) is 2.41. The van der Waals surface area contributed by atoms with Crippen LogP contribution in [0.3, 0.4) is 0 Å². The molecule has 5 heteroatoms. The highest BCUT2D eigenvalue weighted by molar-refractivity contribution is 5.88. The van der Waals surface area contributed by atoms with Gasteiger partial charge in [0.1, 0.15) is 0 Å². The number of ether oxygens (including phenoxy) is 1. The second-order valence-corrected chi connectivity index (χ2v) is 3.44. The van der Waals surface area contributed by atoms with Crippen molar-refractivity contribution in [2.45, 2.75) is 31.8 Å². The van der Waals surface area contributed by atoms with Gasteiger partial charge in [0, 0.05) is 0 Å². The second kappa shape index (κ2) is 3.69. The van der Waals surface area contributed by atoms with Gasteiger partial charge in [-0.1, -0.05) is 0 Å². The van der Waals surface area contributed by atoms with Gasteiger partial charge in [0.05, 0.1) is 12.3 Å². The molecule has 0 aromatic carbocycles. The monoisotopic (exact) mass is 196 g/mol. The van der Waals surface area contributed by atoms with E-state index >= 15 is 0 Å². The van der Waals surface area contributed by atoms with Gasteiger partial charge in [-0.2, -0.15) is 5.10 Å². The summed E-state index contributed by atoms with van der Waals surface area (Å²) < 4.78 is 5.53. The smallest absolute Gasteiger partial charge is 0.357 e. The lowest BCUT2D eigenvalue weighted by atomic mass is 10.3. The van der Waals surface area contributed by atoms with E-state index in [0.717, 1.165) is 25.7 Å². The maximum absolute atomic E-state index is 10.7. The van der Waals surface area contributed by atoms with Gasteiger partial charge in [0.2, 0.25) is 0 Å². The molecule has 1 aromatic rings. The predicted octanol–water partition coefficient (Wildman–Crippen LogP) is 1.43. The van der Waals surface area contributed by atoms with Gasteiger partial charge < -0.3 is 9.84 Å². The molecule has 5 nitrogen and oxygen atoms in total. The molecule has 0 unspecified atom stereocenters. The van der Waals surface area contributed by atoms with E-state index in [9.17, 15) is 4.79 Å². The molecule has 0 bridgehead atoms. The molecule has 1 heterocycles. The number of hydrogen-bond acceptors (Lipinski definition) is 3.